The summed E-state index contributed by atoms with van der Waals surface area (Å²) in [5.74, 6) is -1.35. The Balaban J connectivity index is 4.80. The second-order valence-corrected chi connectivity index (χ2v) is 7.17. The number of ether oxygens (including phenoxy) is 2. The minimum Gasteiger partial charge on any atom is -0.459 e. The minimum atomic E-state index is -0.636. The van der Waals surface area contributed by atoms with Crippen LogP contribution < -0.4 is 0 Å². The maximum atomic E-state index is 12.1. The Bertz CT molecular complexity index is 374. The SMILES string of the molecule is CCCC(=O)N(CC(=O)OC(C)(C)C)CC(=O)OC(C)(C)C. The Morgan fingerprint density at radius 3 is 1.45 bits per heavy atom. The Hall–Kier alpha value is -1.59. The van der Waals surface area contributed by atoms with Gasteiger partial charge in [-0.3, -0.25) is 14.4 Å². The first kappa shape index (κ1) is 20.4. The summed E-state index contributed by atoms with van der Waals surface area (Å²) in [6.07, 6.45) is 0.906. The minimum absolute atomic E-state index is 0.255. The third kappa shape index (κ3) is 10.2. The van der Waals surface area contributed by atoms with E-state index in [1.54, 1.807) is 41.5 Å². The van der Waals surface area contributed by atoms with Crippen molar-refractivity contribution in [2.75, 3.05) is 13.1 Å². The predicted octanol–water partition coefficient (Wildman–Crippen LogP) is 2.30. The largest absolute Gasteiger partial charge is 0.459 e. The molecule has 0 unspecified atom stereocenters. The molecule has 0 aliphatic heterocycles. The summed E-state index contributed by atoms with van der Waals surface area (Å²) in [6, 6.07) is 0. The van der Waals surface area contributed by atoms with Crippen LogP contribution in [0, 0.1) is 0 Å². The summed E-state index contributed by atoms with van der Waals surface area (Å²) in [4.78, 5) is 37.0. The number of hydrogen-bond acceptors (Lipinski definition) is 5. The molecule has 0 atom stereocenters. The van der Waals surface area contributed by atoms with E-state index in [1.807, 2.05) is 6.92 Å². The Morgan fingerprint density at radius 2 is 1.18 bits per heavy atom. The van der Waals surface area contributed by atoms with Crippen molar-refractivity contribution in [2.45, 2.75) is 72.5 Å². The molecule has 0 aliphatic rings. The first-order valence-electron chi connectivity index (χ1n) is 7.55. The van der Waals surface area contributed by atoms with E-state index < -0.39 is 23.1 Å². The zero-order chi connectivity index (χ0) is 17.6. The molecule has 0 aliphatic carbocycles. The first-order chi connectivity index (χ1) is 9.84. The van der Waals surface area contributed by atoms with Gasteiger partial charge in [0.2, 0.25) is 5.91 Å². The molecule has 0 aromatic rings. The number of hydrogen-bond donors (Lipinski definition) is 0. The molecule has 0 fully saturated rings. The highest BCUT2D eigenvalue weighted by Gasteiger charge is 2.25. The van der Waals surface area contributed by atoms with Crippen LogP contribution in [-0.4, -0.2) is 47.0 Å². The van der Waals surface area contributed by atoms with Gasteiger partial charge in [0.25, 0.3) is 0 Å². The number of esters is 2. The lowest BCUT2D eigenvalue weighted by molar-refractivity contribution is -0.163. The maximum Gasteiger partial charge on any atom is 0.326 e. The molecule has 128 valence electrons. The van der Waals surface area contributed by atoms with Crippen molar-refractivity contribution in [3.63, 3.8) is 0 Å². The van der Waals surface area contributed by atoms with Gasteiger partial charge in [-0.25, -0.2) is 0 Å². The van der Waals surface area contributed by atoms with E-state index >= 15 is 0 Å². The molecule has 0 heterocycles. The van der Waals surface area contributed by atoms with Crippen molar-refractivity contribution >= 4 is 17.8 Å². The molecular formula is C16H29NO5. The lowest BCUT2D eigenvalue weighted by Gasteiger charge is -2.26. The van der Waals surface area contributed by atoms with Crippen molar-refractivity contribution in [3.8, 4) is 0 Å². The van der Waals surface area contributed by atoms with Crippen molar-refractivity contribution in [3.05, 3.63) is 0 Å². The van der Waals surface area contributed by atoms with Crippen LogP contribution in [0.2, 0.25) is 0 Å². The van der Waals surface area contributed by atoms with Crippen molar-refractivity contribution in [2.24, 2.45) is 0 Å². The molecule has 0 radical (unpaired) electrons. The summed E-state index contributed by atoms with van der Waals surface area (Å²) >= 11 is 0. The molecule has 0 N–H and O–H groups in total. The van der Waals surface area contributed by atoms with Gasteiger partial charge >= 0.3 is 11.9 Å². The van der Waals surface area contributed by atoms with Gasteiger partial charge in [0.1, 0.15) is 24.3 Å². The number of carbonyl (C=O) groups is 3. The van der Waals surface area contributed by atoms with Gasteiger partial charge < -0.3 is 14.4 Å². The van der Waals surface area contributed by atoms with Crippen LogP contribution in [-0.2, 0) is 23.9 Å². The lowest BCUT2D eigenvalue weighted by atomic mass is 10.2. The monoisotopic (exact) mass is 315 g/mol. The Labute approximate surface area is 133 Å². The van der Waals surface area contributed by atoms with E-state index in [2.05, 4.69) is 0 Å². The topological polar surface area (TPSA) is 72.9 Å². The molecule has 0 rings (SSSR count). The van der Waals surface area contributed by atoms with E-state index in [4.69, 9.17) is 9.47 Å². The highest BCUT2D eigenvalue weighted by atomic mass is 16.6. The van der Waals surface area contributed by atoms with E-state index in [-0.39, 0.29) is 25.4 Å². The first-order valence-corrected chi connectivity index (χ1v) is 7.55. The molecule has 0 bridgehead atoms. The second kappa shape index (κ2) is 8.15. The fourth-order valence-corrected chi connectivity index (χ4v) is 1.66. The maximum absolute atomic E-state index is 12.1. The highest BCUT2D eigenvalue weighted by Crippen LogP contribution is 2.10. The molecule has 6 nitrogen and oxygen atoms in total. The van der Waals surface area contributed by atoms with Gasteiger partial charge in [0.15, 0.2) is 0 Å². The predicted molar refractivity (Wildman–Crippen MR) is 83.2 cm³/mol. The molecule has 0 saturated heterocycles. The van der Waals surface area contributed by atoms with Crippen molar-refractivity contribution < 1.29 is 23.9 Å². The zero-order valence-corrected chi connectivity index (χ0v) is 14.8. The molecule has 6 heteroatoms. The van der Waals surface area contributed by atoms with Crippen LogP contribution in [0.3, 0.4) is 0 Å². The number of amides is 1. The summed E-state index contributed by atoms with van der Waals surface area (Å²) in [7, 11) is 0. The Kier molecular flexibility index (Phi) is 7.56. The van der Waals surface area contributed by atoms with Gasteiger partial charge in [-0.1, -0.05) is 6.92 Å². The molecule has 22 heavy (non-hydrogen) atoms. The van der Waals surface area contributed by atoms with Crippen molar-refractivity contribution in [1.29, 1.82) is 0 Å². The van der Waals surface area contributed by atoms with Gasteiger partial charge in [-0.05, 0) is 48.0 Å². The van der Waals surface area contributed by atoms with E-state index in [0.29, 0.717) is 6.42 Å². The normalized spacial score (nSPS) is 11.8. The van der Waals surface area contributed by atoms with E-state index in [9.17, 15) is 14.4 Å². The van der Waals surface area contributed by atoms with Gasteiger partial charge in [0.05, 0.1) is 0 Å². The molecule has 0 aromatic heterocycles. The molecule has 1 amide bonds. The van der Waals surface area contributed by atoms with Crippen LogP contribution in [0.5, 0.6) is 0 Å². The van der Waals surface area contributed by atoms with Gasteiger partial charge in [-0.2, -0.15) is 0 Å². The molecule has 0 saturated carbocycles. The lowest BCUT2D eigenvalue weighted by Crippen LogP contribution is -2.43. The number of nitrogens with zero attached hydrogens (tertiary/aromatic N) is 1. The standard InChI is InChI=1S/C16H29NO5/c1-8-9-12(18)17(10-13(19)21-15(2,3)4)11-14(20)22-16(5,6)7/h8-11H2,1-7H3. The second-order valence-electron chi connectivity index (χ2n) is 7.17. The fourth-order valence-electron chi connectivity index (χ4n) is 1.66. The van der Waals surface area contributed by atoms with Crippen LogP contribution in [0.25, 0.3) is 0 Å². The molecule has 0 spiro atoms. The summed E-state index contributed by atoms with van der Waals surface area (Å²) in [6.45, 7) is 11.8. The zero-order valence-electron chi connectivity index (χ0n) is 14.8. The van der Waals surface area contributed by atoms with E-state index in [0.717, 1.165) is 0 Å². The van der Waals surface area contributed by atoms with Gasteiger partial charge in [0, 0.05) is 6.42 Å². The summed E-state index contributed by atoms with van der Waals surface area (Å²) in [5, 5.41) is 0. The van der Waals surface area contributed by atoms with E-state index in [1.165, 1.54) is 4.90 Å². The van der Waals surface area contributed by atoms with Crippen LogP contribution >= 0.6 is 0 Å². The molecular weight excluding hydrogens is 286 g/mol. The Morgan fingerprint density at radius 1 is 0.818 bits per heavy atom. The third-order valence-corrected chi connectivity index (χ3v) is 2.30. The van der Waals surface area contributed by atoms with Crippen LogP contribution in [0.4, 0.5) is 0 Å². The van der Waals surface area contributed by atoms with Crippen molar-refractivity contribution in [1.82, 2.24) is 4.90 Å². The molecule has 0 aromatic carbocycles. The fraction of sp³-hybridized carbons (Fsp3) is 0.812. The average Bonchev–Trinajstić information content (AvgIpc) is 2.22. The summed E-state index contributed by atoms with van der Waals surface area (Å²) < 4.78 is 10.4. The van der Waals surface area contributed by atoms with Crippen LogP contribution in [0.1, 0.15) is 61.3 Å². The highest BCUT2D eigenvalue weighted by molar-refractivity contribution is 5.86. The van der Waals surface area contributed by atoms with Gasteiger partial charge in [-0.15, -0.1) is 0 Å². The average molecular weight is 315 g/mol. The number of carbonyl (C=O) groups excluding carboxylic acids is 3. The smallest absolute Gasteiger partial charge is 0.326 e. The number of rotatable bonds is 6. The third-order valence-electron chi connectivity index (χ3n) is 2.30. The van der Waals surface area contributed by atoms with Crippen LogP contribution in [0.15, 0.2) is 0 Å². The quantitative estimate of drug-likeness (QED) is 0.703. The summed E-state index contributed by atoms with van der Waals surface area (Å²) in [5.41, 5.74) is -1.27.